The molecule has 0 saturated carbocycles. The predicted octanol–water partition coefficient (Wildman–Crippen LogP) is 3.84. The number of amides is 1. The first-order valence-electron chi connectivity index (χ1n) is 9.77. The maximum absolute atomic E-state index is 13.1. The zero-order valence-electron chi connectivity index (χ0n) is 17.2. The number of carbonyl (C=O) groups is 2. The second-order valence-electron chi connectivity index (χ2n) is 6.82. The third-order valence-corrected chi connectivity index (χ3v) is 4.81. The predicted molar refractivity (Wildman–Crippen MR) is 116 cm³/mol. The smallest absolute Gasteiger partial charge is 0.224 e. The minimum absolute atomic E-state index is 0.0578. The number of rotatable bonds is 9. The summed E-state index contributed by atoms with van der Waals surface area (Å²) in [5, 5.41) is 2.93. The van der Waals surface area contributed by atoms with Crippen LogP contribution in [0.1, 0.15) is 27.0 Å². The third-order valence-electron chi connectivity index (χ3n) is 4.81. The van der Waals surface area contributed by atoms with Gasteiger partial charge >= 0.3 is 0 Å². The summed E-state index contributed by atoms with van der Waals surface area (Å²) in [5.41, 5.74) is 2.89. The van der Waals surface area contributed by atoms with E-state index in [2.05, 4.69) is 5.32 Å². The van der Waals surface area contributed by atoms with Gasteiger partial charge in [0.15, 0.2) is 17.3 Å². The van der Waals surface area contributed by atoms with E-state index < -0.39 is 0 Å². The van der Waals surface area contributed by atoms with E-state index in [0.717, 1.165) is 11.1 Å². The van der Waals surface area contributed by atoms with Gasteiger partial charge in [0.05, 0.1) is 20.6 Å². The highest BCUT2D eigenvalue weighted by Gasteiger charge is 2.18. The van der Waals surface area contributed by atoms with Gasteiger partial charge in [-0.25, -0.2) is 0 Å². The van der Waals surface area contributed by atoms with E-state index in [1.165, 1.54) is 7.11 Å². The van der Waals surface area contributed by atoms with Crippen molar-refractivity contribution in [2.45, 2.75) is 12.8 Å². The third kappa shape index (κ3) is 5.26. The summed E-state index contributed by atoms with van der Waals surface area (Å²) in [5.74, 6) is 0.890. The van der Waals surface area contributed by atoms with Gasteiger partial charge < -0.3 is 14.8 Å². The van der Waals surface area contributed by atoms with Crippen molar-refractivity contribution in [2.24, 2.45) is 0 Å². The first-order valence-corrected chi connectivity index (χ1v) is 9.77. The van der Waals surface area contributed by atoms with Gasteiger partial charge in [-0.1, -0.05) is 60.7 Å². The molecule has 5 heteroatoms. The van der Waals surface area contributed by atoms with E-state index in [-0.39, 0.29) is 11.7 Å². The molecule has 0 saturated heterocycles. The topological polar surface area (TPSA) is 64.6 Å². The Hall–Kier alpha value is -3.60. The molecule has 0 aliphatic heterocycles. The molecule has 1 amide bonds. The molecule has 1 N–H and O–H groups in total. The summed E-state index contributed by atoms with van der Waals surface area (Å²) < 4.78 is 10.8. The van der Waals surface area contributed by atoms with Crippen molar-refractivity contribution in [3.63, 3.8) is 0 Å². The SMILES string of the molecule is COc1cc(CCNC(=O)Cc2ccccc2)c(C(=O)c2ccccc2)cc1OC. The summed E-state index contributed by atoms with van der Waals surface area (Å²) in [7, 11) is 3.10. The second-order valence-corrected chi connectivity index (χ2v) is 6.82. The molecule has 0 radical (unpaired) electrons. The summed E-state index contributed by atoms with van der Waals surface area (Å²) in [6.45, 7) is 0.413. The Morgan fingerprint density at radius 1 is 0.833 bits per heavy atom. The van der Waals surface area contributed by atoms with E-state index in [9.17, 15) is 9.59 Å². The highest BCUT2D eigenvalue weighted by molar-refractivity contribution is 6.10. The molecule has 3 aromatic rings. The number of nitrogens with one attached hydrogen (secondary N) is 1. The van der Waals surface area contributed by atoms with E-state index in [1.54, 1.807) is 31.4 Å². The van der Waals surface area contributed by atoms with Crippen LogP contribution in [0.5, 0.6) is 11.5 Å². The normalized spacial score (nSPS) is 10.3. The average Bonchev–Trinajstić information content (AvgIpc) is 2.79. The van der Waals surface area contributed by atoms with Crippen LogP contribution in [-0.2, 0) is 17.6 Å². The molecule has 0 fully saturated rings. The number of methoxy groups -OCH3 is 2. The van der Waals surface area contributed by atoms with Crippen LogP contribution in [0.2, 0.25) is 0 Å². The first-order chi connectivity index (χ1) is 14.6. The molecular weight excluding hydrogens is 378 g/mol. The Labute approximate surface area is 176 Å². The molecule has 0 aliphatic rings. The first kappa shape index (κ1) is 21.1. The highest BCUT2D eigenvalue weighted by Crippen LogP contribution is 2.32. The molecular formula is C25H25NO4. The Bertz CT molecular complexity index is 1000. The standard InChI is InChI=1S/C25H25NO4/c1-29-22-16-20(13-14-26-24(27)15-18-9-5-3-6-10-18)21(17-23(22)30-2)25(28)19-11-7-4-8-12-19/h3-12,16-17H,13-15H2,1-2H3,(H,26,27). The fourth-order valence-corrected chi connectivity index (χ4v) is 3.26. The van der Waals surface area contributed by atoms with Crippen LogP contribution in [0.25, 0.3) is 0 Å². The van der Waals surface area contributed by atoms with Crippen LogP contribution >= 0.6 is 0 Å². The van der Waals surface area contributed by atoms with Gasteiger partial charge in [0.2, 0.25) is 5.91 Å². The van der Waals surface area contributed by atoms with Gasteiger partial charge in [-0.3, -0.25) is 9.59 Å². The summed E-state index contributed by atoms with van der Waals surface area (Å²) in [6, 6.07) is 22.2. The van der Waals surface area contributed by atoms with Crippen LogP contribution in [0.15, 0.2) is 72.8 Å². The zero-order valence-corrected chi connectivity index (χ0v) is 17.2. The summed E-state index contributed by atoms with van der Waals surface area (Å²) in [4.78, 5) is 25.3. The monoisotopic (exact) mass is 403 g/mol. The molecule has 0 bridgehead atoms. The molecule has 154 valence electrons. The van der Waals surface area contributed by atoms with Gasteiger partial charge in [0.1, 0.15) is 0 Å². The van der Waals surface area contributed by atoms with E-state index in [1.807, 2.05) is 48.5 Å². The number of hydrogen-bond donors (Lipinski definition) is 1. The minimum Gasteiger partial charge on any atom is -0.493 e. The molecule has 0 spiro atoms. The Kier molecular flexibility index (Phi) is 7.22. The van der Waals surface area contributed by atoms with Crippen molar-refractivity contribution >= 4 is 11.7 Å². The van der Waals surface area contributed by atoms with Gasteiger partial charge in [0.25, 0.3) is 0 Å². The van der Waals surface area contributed by atoms with Gasteiger partial charge in [0, 0.05) is 17.7 Å². The highest BCUT2D eigenvalue weighted by atomic mass is 16.5. The van der Waals surface area contributed by atoms with Gasteiger partial charge in [-0.15, -0.1) is 0 Å². The Morgan fingerprint density at radius 2 is 1.43 bits per heavy atom. The second kappa shape index (κ2) is 10.3. The van der Waals surface area contributed by atoms with Crippen molar-refractivity contribution in [3.8, 4) is 11.5 Å². The molecule has 3 rings (SSSR count). The number of ketones is 1. The lowest BCUT2D eigenvalue weighted by atomic mass is 9.95. The zero-order chi connectivity index (χ0) is 21.3. The quantitative estimate of drug-likeness (QED) is 0.552. The maximum Gasteiger partial charge on any atom is 0.224 e. The molecule has 3 aromatic carbocycles. The molecule has 30 heavy (non-hydrogen) atoms. The lowest BCUT2D eigenvalue weighted by molar-refractivity contribution is -0.120. The van der Waals surface area contributed by atoms with Crippen LogP contribution in [0.3, 0.4) is 0 Å². The van der Waals surface area contributed by atoms with Crippen molar-refractivity contribution in [3.05, 3.63) is 95.1 Å². The Morgan fingerprint density at radius 3 is 2.07 bits per heavy atom. The lowest BCUT2D eigenvalue weighted by Gasteiger charge is -2.15. The van der Waals surface area contributed by atoms with E-state index in [4.69, 9.17) is 9.47 Å². The lowest BCUT2D eigenvalue weighted by Crippen LogP contribution is -2.27. The molecule has 0 heterocycles. The molecule has 5 nitrogen and oxygen atoms in total. The Balaban J connectivity index is 1.76. The number of hydrogen-bond acceptors (Lipinski definition) is 4. The van der Waals surface area contributed by atoms with Crippen molar-refractivity contribution < 1.29 is 19.1 Å². The van der Waals surface area contributed by atoms with Gasteiger partial charge in [-0.05, 0) is 29.7 Å². The molecule has 0 atom stereocenters. The average molecular weight is 403 g/mol. The molecule has 0 aliphatic carbocycles. The van der Waals surface area contributed by atoms with Crippen molar-refractivity contribution in [1.29, 1.82) is 0 Å². The van der Waals surface area contributed by atoms with E-state index in [0.29, 0.717) is 42.0 Å². The number of ether oxygens (including phenoxy) is 2. The minimum atomic E-state index is -0.0952. The number of carbonyl (C=O) groups excluding carboxylic acids is 2. The van der Waals surface area contributed by atoms with Crippen LogP contribution in [0.4, 0.5) is 0 Å². The molecule has 0 aromatic heterocycles. The van der Waals surface area contributed by atoms with Crippen LogP contribution < -0.4 is 14.8 Å². The van der Waals surface area contributed by atoms with Gasteiger partial charge in [-0.2, -0.15) is 0 Å². The largest absolute Gasteiger partial charge is 0.493 e. The van der Waals surface area contributed by atoms with E-state index >= 15 is 0 Å². The molecule has 0 unspecified atom stereocenters. The number of benzene rings is 3. The van der Waals surface area contributed by atoms with Crippen LogP contribution in [-0.4, -0.2) is 32.5 Å². The van der Waals surface area contributed by atoms with Crippen LogP contribution in [0, 0.1) is 0 Å². The van der Waals surface area contributed by atoms with Crippen molar-refractivity contribution in [1.82, 2.24) is 5.32 Å². The summed E-state index contributed by atoms with van der Waals surface area (Å²) in [6.07, 6.45) is 0.817. The fourth-order valence-electron chi connectivity index (χ4n) is 3.26. The fraction of sp³-hybridized carbons (Fsp3) is 0.200. The summed E-state index contributed by atoms with van der Waals surface area (Å²) >= 11 is 0. The maximum atomic E-state index is 13.1. The van der Waals surface area contributed by atoms with Crippen molar-refractivity contribution in [2.75, 3.05) is 20.8 Å².